The molecule has 0 saturated heterocycles. The van der Waals surface area contributed by atoms with Crippen molar-refractivity contribution in [2.45, 2.75) is 27.2 Å². The number of thiophene rings is 1. The van der Waals surface area contributed by atoms with Crippen LogP contribution < -0.4 is 0 Å². The molecule has 0 aliphatic heterocycles. The summed E-state index contributed by atoms with van der Waals surface area (Å²) in [4.78, 5) is 12.4. The average molecular weight is 217 g/mol. The third kappa shape index (κ3) is 3.12. The maximum atomic E-state index is 11.7. The zero-order valence-electron chi connectivity index (χ0n) is 8.06. The van der Waals surface area contributed by atoms with Crippen LogP contribution in [0.5, 0.6) is 0 Å². The Kier molecular flexibility index (Phi) is 3.14. The second kappa shape index (κ2) is 3.81. The van der Waals surface area contributed by atoms with Gasteiger partial charge in [-0.05, 0) is 16.9 Å². The molecule has 0 atom stereocenters. The lowest BCUT2D eigenvalue weighted by molar-refractivity contribution is 0.0944. The van der Waals surface area contributed by atoms with Gasteiger partial charge in [0, 0.05) is 6.42 Å². The molecule has 0 radical (unpaired) electrons. The number of ketones is 1. The van der Waals surface area contributed by atoms with Crippen LogP contribution in [0.1, 0.15) is 36.9 Å². The van der Waals surface area contributed by atoms with Crippen molar-refractivity contribution in [3.63, 3.8) is 0 Å². The summed E-state index contributed by atoms with van der Waals surface area (Å²) < 4.78 is 0. The Morgan fingerprint density at radius 3 is 2.54 bits per heavy atom. The van der Waals surface area contributed by atoms with Gasteiger partial charge < -0.3 is 0 Å². The van der Waals surface area contributed by atoms with Crippen molar-refractivity contribution in [1.29, 1.82) is 0 Å². The highest BCUT2D eigenvalue weighted by molar-refractivity contribution is 7.12. The molecule has 72 valence electrons. The molecule has 0 aromatic carbocycles. The smallest absolute Gasteiger partial charge is 0.174 e. The lowest BCUT2D eigenvalue weighted by atomic mass is 9.89. The molecule has 1 aromatic heterocycles. The molecule has 3 heteroatoms. The van der Waals surface area contributed by atoms with E-state index in [1.165, 1.54) is 11.3 Å². The second-order valence-corrected chi connectivity index (χ2v) is 5.58. The molecule has 1 heterocycles. The van der Waals surface area contributed by atoms with Crippen LogP contribution in [0.3, 0.4) is 0 Å². The van der Waals surface area contributed by atoms with Crippen molar-refractivity contribution in [2.24, 2.45) is 5.41 Å². The van der Waals surface area contributed by atoms with E-state index >= 15 is 0 Å². The molecule has 0 spiro atoms. The SMILES string of the molecule is CC(C)(C)CC(=O)c1sccc1Cl. The minimum atomic E-state index is 0.0321. The van der Waals surface area contributed by atoms with Crippen LogP contribution in [0.25, 0.3) is 0 Å². The summed E-state index contributed by atoms with van der Waals surface area (Å²) in [7, 11) is 0. The number of carbonyl (C=O) groups is 1. The van der Waals surface area contributed by atoms with Crippen molar-refractivity contribution in [3.05, 3.63) is 21.3 Å². The van der Waals surface area contributed by atoms with Crippen molar-refractivity contribution < 1.29 is 4.79 Å². The molecule has 1 nitrogen and oxygen atoms in total. The molecule has 0 aliphatic carbocycles. The Morgan fingerprint density at radius 1 is 1.54 bits per heavy atom. The van der Waals surface area contributed by atoms with Gasteiger partial charge in [-0.2, -0.15) is 0 Å². The number of hydrogen-bond donors (Lipinski definition) is 0. The van der Waals surface area contributed by atoms with E-state index in [-0.39, 0.29) is 11.2 Å². The quantitative estimate of drug-likeness (QED) is 0.683. The van der Waals surface area contributed by atoms with Crippen molar-refractivity contribution in [1.82, 2.24) is 0 Å². The van der Waals surface area contributed by atoms with Crippen LogP contribution in [0.4, 0.5) is 0 Å². The zero-order valence-corrected chi connectivity index (χ0v) is 9.63. The Bertz CT molecular complexity index is 309. The van der Waals surface area contributed by atoms with Crippen LogP contribution in [-0.2, 0) is 0 Å². The molecule has 0 N–H and O–H groups in total. The van der Waals surface area contributed by atoms with E-state index in [0.717, 1.165) is 0 Å². The van der Waals surface area contributed by atoms with Gasteiger partial charge in [0.05, 0.1) is 9.90 Å². The second-order valence-electron chi connectivity index (χ2n) is 4.26. The van der Waals surface area contributed by atoms with Crippen LogP contribution in [0.15, 0.2) is 11.4 Å². The molecule has 1 aromatic rings. The van der Waals surface area contributed by atoms with Crippen LogP contribution in [0.2, 0.25) is 5.02 Å². The first-order chi connectivity index (χ1) is 5.90. The number of Topliss-reactive ketones (excluding diaryl/α,β-unsaturated/α-hetero) is 1. The first-order valence-corrected chi connectivity index (χ1v) is 5.42. The van der Waals surface area contributed by atoms with E-state index in [0.29, 0.717) is 16.3 Å². The highest BCUT2D eigenvalue weighted by atomic mass is 35.5. The van der Waals surface area contributed by atoms with Gasteiger partial charge in [0.1, 0.15) is 0 Å². The highest BCUT2D eigenvalue weighted by Crippen LogP contribution is 2.28. The summed E-state index contributed by atoms with van der Waals surface area (Å²) in [5, 5.41) is 2.43. The molecule has 0 fully saturated rings. The minimum Gasteiger partial charge on any atom is -0.293 e. The number of hydrogen-bond acceptors (Lipinski definition) is 2. The molecule has 0 unspecified atom stereocenters. The van der Waals surface area contributed by atoms with Crippen molar-refractivity contribution in [2.75, 3.05) is 0 Å². The third-order valence-electron chi connectivity index (χ3n) is 1.56. The third-order valence-corrected chi connectivity index (χ3v) is 2.94. The fraction of sp³-hybridized carbons (Fsp3) is 0.500. The number of rotatable bonds is 2. The topological polar surface area (TPSA) is 17.1 Å². The molecule has 13 heavy (non-hydrogen) atoms. The Hall–Kier alpha value is -0.340. The van der Waals surface area contributed by atoms with Gasteiger partial charge in [0.15, 0.2) is 5.78 Å². The predicted octanol–water partition coefficient (Wildman–Crippen LogP) is 4.02. The lowest BCUT2D eigenvalue weighted by Gasteiger charge is -2.15. The summed E-state index contributed by atoms with van der Waals surface area (Å²) in [5.41, 5.74) is 0.0321. The molecule has 1 rings (SSSR count). The fourth-order valence-corrected chi connectivity index (χ4v) is 2.16. The Morgan fingerprint density at radius 2 is 2.15 bits per heavy atom. The van der Waals surface area contributed by atoms with Crippen molar-refractivity contribution >= 4 is 28.7 Å². The summed E-state index contributed by atoms with van der Waals surface area (Å²) in [6.07, 6.45) is 0.549. The van der Waals surface area contributed by atoms with Crippen LogP contribution >= 0.6 is 22.9 Å². The van der Waals surface area contributed by atoms with E-state index in [9.17, 15) is 4.79 Å². The van der Waals surface area contributed by atoms with Gasteiger partial charge in [0.2, 0.25) is 0 Å². The molecular formula is C10H13ClOS. The first kappa shape index (κ1) is 10.7. The van der Waals surface area contributed by atoms with E-state index in [4.69, 9.17) is 11.6 Å². The highest BCUT2D eigenvalue weighted by Gasteiger charge is 2.19. The maximum absolute atomic E-state index is 11.7. The largest absolute Gasteiger partial charge is 0.293 e. The summed E-state index contributed by atoms with van der Waals surface area (Å²) in [5.74, 6) is 0.146. The zero-order chi connectivity index (χ0) is 10.1. The Balaban J connectivity index is 2.76. The van der Waals surface area contributed by atoms with Gasteiger partial charge >= 0.3 is 0 Å². The molecule has 0 saturated carbocycles. The van der Waals surface area contributed by atoms with Crippen molar-refractivity contribution in [3.8, 4) is 0 Å². The minimum absolute atomic E-state index is 0.0321. The standard InChI is InChI=1S/C10H13ClOS/c1-10(2,3)6-8(12)9-7(11)4-5-13-9/h4-5H,6H2,1-3H3. The average Bonchev–Trinajstić information content (AvgIpc) is 2.30. The fourth-order valence-electron chi connectivity index (χ4n) is 1.05. The first-order valence-electron chi connectivity index (χ1n) is 4.16. The molecular weight excluding hydrogens is 204 g/mol. The maximum Gasteiger partial charge on any atom is 0.174 e. The van der Waals surface area contributed by atoms with E-state index < -0.39 is 0 Å². The van der Waals surface area contributed by atoms with Gasteiger partial charge in [-0.25, -0.2) is 0 Å². The van der Waals surface area contributed by atoms with Crippen LogP contribution in [-0.4, -0.2) is 5.78 Å². The summed E-state index contributed by atoms with van der Waals surface area (Å²) in [6.45, 7) is 6.14. The van der Waals surface area contributed by atoms with Gasteiger partial charge in [-0.3, -0.25) is 4.79 Å². The van der Waals surface area contributed by atoms with Gasteiger partial charge in [0.25, 0.3) is 0 Å². The lowest BCUT2D eigenvalue weighted by Crippen LogP contribution is -2.12. The van der Waals surface area contributed by atoms with Crippen LogP contribution in [0, 0.1) is 5.41 Å². The van der Waals surface area contributed by atoms with Gasteiger partial charge in [-0.1, -0.05) is 32.4 Å². The van der Waals surface area contributed by atoms with Gasteiger partial charge in [-0.15, -0.1) is 11.3 Å². The monoisotopic (exact) mass is 216 g/mol. The Labute approximate surface area is 87.7 Å². The van der Waals surface area contributed by atoms with E-state index in [1.807, 2.05) is 26.2 Å². The summed E-state index contributed by atoms with van der Waals surface area (Å²) >= 11 is 7.27. The predicted molar refractivity (Wildman–Crippen MR) is 57.7 cm³/mol. The molecule has 0 aliphatic rings. The van der Waals surface area contributed by atoms with E-state index in [2.05, 4.69) is 0 Å². The number of carbonyl (C=O) groups excluding carboxylic acids is 1. The van der Waals surface area contributed by atoms with E-state index in [1.54, 1.807) is 6.07 Å². The number of halogens is 1. The molecule has 0 amide bonds. The molecule has 0 bridgehead atoms. The summed E-state index contributed by atoms with van der Waals surface area (Å²) in [6, 6.07) is 1.77. The normalized spacial score (nSPS) is 11.7.